The Kier molecular flexibility index (Phi) is 2.14. The average Bonchev–Trinajstić information content (AvgIpc) is 2.85. The van der Waals surface area contributed by atoms with Crippen LogP contribution in [-0.4, -0.2) is 17.1 Å². The molecule has 0 spiro atoms. The van der Waals surface area contributed by atoms with E-state index in [0.29, 0.717) is 18.3 Å². The largest absolute Gasteiger partial charge is 0.377 e. The standard InChI is InChI=1S/C9H12N2O2/c1-13-5-8-10-7(6-2-3-6)4-9(12)11-8/h4,6H,2-3,5H2,1H3,(H,10,11,12). The van der Waals surface area contributed by atoms with Gasteiger partial charge in [-0.15, -0.1) is 0 Å². The fourth-order valence-corrected chi connectivity index (χ4v) is 1.32. The van der Waals surface area contributed by atoms with Gasteiger partial charge in [0, 0.05) is 19.1 Å². The molecule has 2 rings (SSSR count). The molecule has 0 aromatic carbocycles. The summed E-state index contributed by atoms with van der Waals surface area (Å²) in [6.45, 7) is 0.371. The van der Waals surface area contributed by atoms with Crippen molar-refractivity contribution in [3.63, 3.8) is 0 Å². The molecule has 1 aliphatic carbocycles. The molecule has 13 heavy (non-hydrogen) atoms. The summed E-state index contributed by atoms with van der Waals surface area (Å²) in [6, 6.07) is 1.58. The van der Waals surface area contributed by atoms with E-state index in [9.17, 15) is 4.79 Å². The van der Waals surface area contributed by atoms with Crippen molar-refractivity contribution >= 4 is 0 Å². The van der Waals surface area contributed by atoms with Crippen molar-refractivity contribution in [2.24, 2.45) is 0 Å². The Morgan fingerprint density at radius 2 is 2.46 bits per heavy atom. The third kappa shape index (κ3) is 1.95. The highest BCUT2D eigenvalue weighted by molar-refractivity contribution is 5.13. The number of nitrogens with one attached hydrogen (secondary N) is 1. The lowest BCUT2D eigenvalue weighted by atomic mass is 10.3. The van der Waals surface area contributed by atoms with Gasteiger partial charge < -0.3 is 9.72 Å². The molecular formula is C9H12N2O2. The first kappa shape index (κ1) is 8.44. The second kappa shape index (κ2) is 3.30. The van der Waals surface area contributed by atoms with E-state index in [1.165, 1.54) is 0 Å². The number of hydrogen-bond acceptors (Lipinski definition) is 3. The molecule has 4 heteroatoms. The van der Waals surface area contributed by atoms with Crippen LogP contribution in [0.5, 0.6) is 0 Å². The molecule has 4 nitrogen and oxygen atoms in total. The van der Waals surface area contributed by atoms with Gasteiger partial charge in [0.25, 0.3) is 5.56 Å². The molecule has 0 bridgehead atoms. The molecule has 1 saturated carbocycles. The van der Waals surface area contributed by atoms with Gasteiger partial charge in [0.15, 0.2) is 0 Å². The van der Waals surface area contributed by atoms with E-state index in [1.54, 1.807) is 13.2 Å². The first-order valence-electron chi connectivity index (χ1n) is 4.38. The fraction of sp³-hybridized carbons (Fsp3) is 0.556. The summed E-state index contributed by atoms with van der Waals surface area (Å²) in [5.74, 6) is 1.13. The van der Waals surface area contributed by atoms with Crippen LogP contribution < -0.4 is 5.56 Å². The smallest absolute Gasteiger partial charge is 0.251 e. The van der Waals surface area contributed by atoms with Gasteiger partial charge in [0.1, 0.15) is 12.4 Å². The first-order chi connectivity index (χ1) is 6.29. The Morgan fingerprint density at radius 1 is 1.69 bits per heavy atom. The van der Waals surface area contributed by atoms with Crippen molar-refractivity contribution in [1.82, 2.24) is 9.97 Å². The van der Waals surface area contributed by atoms with E-state index in [-0.39, 0.29) is 5.56 Å². The maximum Gasteiger partial charge on any atom is 0.251 e. The molecule has 0 radical (unpaired) electrons. The third-order valence-electron chi connectivity index (χ3n) is 2.09. The van der Waals surface area contributed by atoms with Crippen LogP contribution in [0, 0.1) is 0 Å². The van der Waals surface area contributed by atoms with Crippen LogP contribution in [0.2, 0.25) is 0 Å². The number of methoxy groups -OCH3 is 1. The summed E-state index contributed by atoms with van der Waals surface area (Å²) in [6.07, 6.45) is 2.31. The van der Waals surface area contributed by atoms with Gasteiger partial charge >= 0.3 is 0 Å². The van der Waals surface area contributed by atoms with E-state index in [2.05, 4.69) is 9.97 Å². The van der Waals surface area contributed by atoms with Crippen molar-refractivity contribution in [3.05, 3.63) is 27.9 Å². The van der Waals surface area contributed by atoms with Crippen LogP contribution in [0.4, 0.5) is 0 Å². The Bertz CT molecular complexity index is 355. The highest BCUT2D eigenvalue weighted by Crippen LogP contribution is 2.38. The molecule has 0 aliphatic heterocycles. The first-order valence-corrected chi connectivity index (χ1v) is 4.38. The van der Waals surface area contributed by atoms with Gasteiger partial charge in [-0.25, -0.2) is 4.98 Å². The van der Waals surface area contributed by atoms with Crippen molar-refractivity contribution in [2.45, 2.75) is 25.4 Å². The molecule has 0 amide bonds. The molecule has 0 unspecified atom stereocenters. The zero-order chi connectivity index (χ0) is 9.26. The number of aromatic nitrogens is 2. The zero-order valence-electron chi connectivity index (χ0n) is 7.54. The number of ether oxygens (including phenoxy) is 1. The second-order valence-corrected chi connectivity index (χ2v) is 3.32. The topological polar surface area (TPSA) is 55.0 Å². The Balaban J connectivity index is 2.30. The lowest BCUT2D eigenvalue weighted by molar-refractivity contribution is 0.177. The monoisotopic (exact) mass is 180 g/mol. The van der Waals surface area contributed by atoms with Crippen LogP contribution in [0.15, 0.2) is 10.9 Å². The summed E-state index contributed by atoms with van der Waals surface area (Å²) in [7, 11) is 1.59. The highest BCUT2D eigenvalue weighted by atomic mass is 16.5. The molecular weight excluding hydrogens is 168 g/mol. The maximum absolute atomic E-state index is 11.2. The number of nitrogens with zero attached hydrogens (tertiary/aromatic N) is 1. The molecule has 1 heterocycles. The van der Waals surface area contributed by atoms with Gasteiger partial charge in [-0.3, -0.25) is 4.79 Å². The molecule has 1 aromatic rings. The van der Waals surface area contributed by atoms with E-state index in [0.717, 1.165) is 18.5 Å². The molecule has 70 valence electrons. The fourth-order valence-electron chi connectivity index (χ4n) is 1.32. The Labute approximate surface area is 76.0 Å². The van der Waals surface area contributed by atoms with Crippen LogP contribution in [0.25, 0.3) is 0 Å². The highest BCUT2D eigenvalue weighted by Gasteiger charge is 2.25. The summed E-state index contributed by atoms with van der Waals surface area (Å²) in [5, 5.41) is 0. The minimum atomic E-state index is -0.0797. The lowest BCUT2D eigenvalue weighted by Gasteiger charge is -2.01. The van der Waals surface area contributed by atoms with Crippen molar-refractivity contribution in [3.8, 4) is 0 Å². The van der Waals surface area contributed by atoms with Crippen LogP contribution in [0.1, 0.15) is 30.3 Å². The zero-order valence-corrected chi connectivity index (χ0v) is 7.54. The van der Waals surface area contributed by atoms with E-state index in [4.69, 9.17) is 4.74 Å². The van der Waals surface area contributed by atoms with Crippen LogP contribution in [0.3, 0.4) is 0 Å². The number of hydrogen-bond donors (Lipinski definition) is 1. The van der Waals surface area contributed by atoms with Gasteiger partial charge in [0.05, 0.1) is 5.69 Å². The Hall–Kier alpha value is -1.16. The van der Waals surface area contributed by atoms with Crippen molar-refractivity contribution < 1.29 is 4.74 Å². The SMILES string of the molecule is COCc1nc(C2CC2)cc(=O)[nH]1. The van der Waals surface area contributed by atoms with Crippen LogP contribution in [-0.2, 0) is 11.3 Å². The van der Waals surface area contributed by atoms with Gasteiger partial charge in [-0.2, -0.15) is 0 Å². The molecule has 1 aromatic heterocycles. The summed E-state index contributed by atoms with van der Waals surface area (Å²) in [4.78, 5) is 18.1. The molecule has 0 saturated heterocycles. The maximum atomic E-state index is 11.2. The molecule has 1 aliphatic rings. The van der Waals surface area contributed by atoms with E-state index in [1.807, 2.05) is 0 Å². The minimum Gasteiger partial charge on any atom is -0.377 e. The average molecular weight is 180 g/mol. The van der Waals surface area contributed by atoms with Crippen LogP contribution >= 0.6 is 0 Å². The quantitative estimate of drug-likeness (QED) is 0.748. The molecule has 1 N–H and O–H groups in total. The minimum absolute atomic E-state index is 0.0797. The van der Waals surface area contributed by atoms with Gasteiger partial charge in [0.2, 0.25) is 0 Å². The second-order valence-electron chi connectivity index (χ2n) is 3.32. The van der Waals surface area contributed by atoms with Crippen molar-refractivity contribution in [1.29, 1.82) is 0 Å². The molecule has 1 fully saturated rings. The predicted molar refractivity (Wildman–Crippen MR) is 47.5 cm³/mol. The van der Waals surface area contributed by atoms with Gasteiger partial charge in [-0.05, 0) is 12.8 Å². The number of aromatic amines is 1. The third-order valence-corrected chi connectivity index (χ3v) is 2.09. The molecule has 0 atom stereocenters. The summed E-state index contributed by atoms with van der Waals surface area (Å²) >= 11 is 0. The van der Waals surface area contributed by atoms with Gasteiger partial charge in [-0.1, -0.05) is 0 Å². The van der Waals surface area contributed by atoms with Crippen molar-refractivity contribution in [2.75, 3.05) is 7.11 Å². The number of H-pyrrole nitrogens is 1. The lowest BCUT2D eigenvalue weighted by Crippen LogP contribution is -2.12. The normalized spacial score (nSPS) is 16.1. The number of rotatable bonds is 3. The van der Waals surface area contributed by atoms with E-state index >= 15 is 0 Å². The Morgan fingerprint density at radius 3 is 3.08 bits per heavy atom. The summed E-state index contributed by atoms with van der Waals surface area (Å²) in [5.41, 5.74) is 0.833. The predicted octanol–water partition coefficient (Wildman–Crippen LogP) is 0.794. The van der Waals surface area contributed by atoms with E-state index < -0.39 is 0 Å². The summed E-state index contributed by atoms with van der Waals surface area (Å²) < 4.78 is 4.91.